The first kappa shape index (κ1) is 18.8. The van der Waals surface area contributed by atoms with E-state index in [0.29, 0.717) is 6.42 Å². The molecule has 24 heavy (non-hydrogen) atoms. The molecule has 7 nitrogen and oxygen atoms in total. The average Bonchev–Trinajstić information content (AvgIpc) is 2.83. The Balaban J connectivity index is 1.98. The lowest BCUT2D eigenvalue weighted by atomic mass is 10.2. The summed E-state index contributed by atoms with van der Waals surface area (Å²) in [4.78, 5) is 13.0. The molecule has 0 aromatic heterocycles. The van der Waals surface area contributed by atoms with Gasteiger partial charge in [-0.1, -0.05) is 0 Å². The smallest absolute Gasteiger partial charge is 0.240 e. The first-order valence-corrected chi connectivity index (χ1v) is 10.6. The third-order valence-corrected chi connectivity index (χ3v) is 7.05. The average molecular weight is 378 g/mol. The number of carbonyl (C=O) groups is 1. The largest absolute Gasteiger partial charge is 0.338 e. The fourth-order valence-electron chi connectivity index (χ4n) is 2.62. The van der Waals surface area contributed by atoms with Crippen LogP contribution >= 0.6 is 0 Å². The van der Waals surface area contributed by atoms with Crippen molar-refractivity contribution in [2.45, 2.75) is 24.3 Å². The third-order valence-electron chi connectivity index (χ3n) is 3.82. The van der Waals surface area contributed by atoms with E-state index < -0.39 is 31.7 Å². The Labute approximate surface area is 140 Å². The second-order valence-electron chi connectivity index (χ2n) is 5.62. The molecule has 1 amide bonds. The summed E-state index contributed by atoms with van der Waals surface area (Å²) >= 11 is 0. The number of nitrogens with one attached hydrogen (secondary N) is 1. The highest BCUT2D eigenvalue weighted by Crippen LogP contribution is 2.18. The zero-order chi connectivity index (χ0) is 18.0. The standard InChI is InChI=1S/C14H19FN2O5S2/c1-11(18)17(13-6-9-23(19,20)10-13)8-7-16-24(21,22)14-4-2-12(15)3-5-14/h2-5,13,16H,6-10H2,1H3. The van der Waals surface area contributed by atoms with Crippen molar-refractivity contribution in [3.63, 3.8) is 0 Å². The Bertz CT molecular complexity index is 806. The third kappa shape index (κ3) is 4.74. The molecule has 1 saturated heterocycles. The van der Waals surface area contributed by atoms with Crippen molar-refractivity contribution in [1.82, 2.24) is 9.62 Å². The van der Waals surface area contributed by atoms with Crippen molar-refractivity contribution in [1.29, 1.82) is 0 Å². The monoisotopic (exact) mass is 378 g/mol. The fourth-order valence-corrected chi connectivity index (χ4v) is 5.37. The molecule has 0 spiro atoms. The molecule has 0 radical (unpaired) electrons. The van der Waals surface area contributed by atoms with Crippen LogP contribution in [0.3, 0.4) is 0 Å². The van der Waals surface area contributed by atoms with Gasteiger partial charge in [-0.2, -0.15) is 0 Å². The number of hydrogen-bond donors (Lipinski definition) is 1. The van der Waals surface area contributed by atoms with Gasteiger partial charge in [0.25, 0.3) is 0 Å². The maximum absolute atomic E-state index is 12.8. The van der Waals surface area contributed by atoms with Gasteiger partial charge in [-0.25, -0.2) is 25.9 Å². The molecule has 134 valence electrons. The van der Waals surface area contributed by atoms with Gasteiger partial charge in [-0.05, 0) is 30.7 Å². The molecule has 1 aromatic rings. The molecular formula is C14H19FN2O5S2. The molecule has 1 N–H and O–H groups in total. The van der Waals surface area contributed by atoms with Crippen LogP contribution in [0.1, 0.15) is 13.3 Å². The molecule has 1 aromatic carbocycles. The van der Waals surface area contributed by atoms with E-state index in [2.05, 4.69) is 4.72 Å². The summed E-state index contributed by atoms with van der Waals surface area (Å²) in [5.41, 5.74) is 0. The summed E-state index contributed by atoms with van der Waals surface area (Å²) < 4.78 is 62.4. The number of sulfonamides is 1. The molecular weight excluding hydrogens is 359 g/mol. The molecule has 0 bridgehead atoms. The minimum absolute atomic E-state index is 0.0305. The van der Waals surface area contributed by atoms with Gasteiger partial charge in [0.1, 0.15) is 5.82 Å². The fraction of sp³-hybridized carbons (Fsp3) is 0.500. The second-order valence-corrected chi connectivity index (χ2v) is 9.62. The number of carbonyl (C=O) groups excluding carboxylic acids is 1. The molecule has 1 heterocycles. The maximum Gasteiger partial charge on any atom is 0.240 e. The molecule has 0 aliphatic carbocycles. The van der Waals surface area contributed by atoms with Gasteiger partial charge in [-0.3, -0.25) is 4.79 Å². The first-order valence-electron chi connectivity index (χ1n) is 7.33. The van der Waals surface area contributed by atoms with Crippen LogP contribution in [0.2, 0.25) is 0 Å². The quantitative estimate of drug-likeness (QED) is 0.759. The van der Waals surface area contributed by atoms with E-state index in [0.717, 1.165) is 24.3 Å². The molecule has 10 heteroatoms. The van der Waals surface area contributed by atoms with E-state index in [4.69, 9.17) is 0 Å². The van der Waals surface area contributed by atoms with E-state index in [-0.39, 0.29) is 35.4 Å². The SMILES string of the molecule is CC(=O)N(CCNS(=O)(=O)c1ccc(F)cc1)C1CCS(=O)(=O)C1. The van der Waals surface area contributed by atoms with E-state index in [9.17, 15) is 26.0 Å². The number of benzene rings is 1. The van der Waals surface area contributed by atoms with Gasteiger partial charge in [0.2, 0.25) is 15.9 Å². The van der Waals surface area contributed by atoms with Crippen LogP contribution in [0.25, 0.3) is 0 Å². The van der Waals surface area contributed by atoms with E-state index in [1.807, 2.05) is 0 Å². The summed E-state index contributed by atoms with van der Waals surface area (Å²) in [7, 11) is -6.96. The van der Waals surface area contributed by atoms with Crippen molar-refractivity contribution in [2.24, 2.45) is 0 Å². The number of nitrogens with zero attached hydrogens (tertiary/aromatic N) is 1. The van der Waals surface area contributed by atoms with Crippen LogP contribution < -0.4 is 4.72 Å². The number of hydrogen-bond acceptors (Lipinski definition) is 5. The van der Waals surface area contributed by atoms with Crippen molar-refractivity contribution < 1.29 is 26.0 Å². The van der Waals surface area contributed by atoms with Crippen molar-refractivity contribution in [3.8, 4) is 0 Å². The molecule has 1 aliphatic heterocycles. The number of rotatable bonds is 6. The minimum Gasteiger partial charge on any atom is -0.338 e. The maximum atomic E-state index is 12.8. The van der Waals surface area contributed by atoms with Crippen molar-refractivity contribution in [3.05, 3.63) is 30.1 Å². The van der Waals surface area contributed by atoms with Crippen LogP contribution in [-0.4, -0.2) is 58.3 Å². The zero-order valence-electron chi connectivity index (χ0n) is 13.1. The Morgan fingerprint density at radius 1 is 1.33 bits per heavy atom. The van der Waals surface area contributed by atoms with Crippen molar-refractivity contribution >= 4 is 25.8 Å². The van der Waals surface area contributed by atoms with Crippen molar-refractivity contribution in [2.75, 3.05) is 24.6 Å². The lowest BCUT2D eigenvalue weighted by Gasteiger charge is -2.27. The predicted molar refractivity (Wildman–Crippen MR) is 86.0 cm³/mol. The number of sulfone groups is 1. The predicted octanol–water partition coefficient (Wildman–Crippen LogP) is 0.140. The van der Waals surface area contributed by atoms with E-state index in [1.54, 1.807) is 0 Å². The highest BCUT2D eigenvalue weighted by atomic mass is 32.2. The van der Waals surface area contributed by atoms with Crippen LogP contribution in [0.15, 0.2) is 29.2 Å². The molecule has 1 fully saturated rings. The Kier molecular flexibility index (Phi) is 5.61. The van der Waals surface area contributed by atoms with Gasteiger partial charge in [0, 0.05) is 26.1 Å². The summed E-state index contributed by atoms with van der Waals surface area (Å²) in [6, 6.07) is 3.94. The molecule has 2 rings (SSSR count). The summed E-state index contributed by atoms with van der Waals surface area (Å²) in [5.74, 6) is -0.919. The van der Waals surface area contributed by atoms with Gasteiger partial charge >= 0.3 is 0 Å². The van der Waals surface area contributed by atoms with Crippen LogP contribution in [0.4, 0.5) is 4.39 Å². The highest BCUT2D eigenvalue weighted by Gasteiger charge is 2.33. The Hall–Kier alpha value is -1.52. The highest BCUT2D eigenvalue weighted by molar-refractivity contribution is 7.91. The number of halogens is 1. The minimum atomic E-state index is -3.82. The van der Waals surface area contributed by atoms with Crippen LogP contribution in [0, 0.1) is 5.82 Å². The molecule has 0 saturated carbocycles. The van der Waals surface area contributed by atoms with Crippen LogP contribution in [0.5, 0.6) is 0 Å². The lowest BCUT2D eigenvalue weighted by Crippen LogP contribution is -2.44. The van der Waals surface area contributed by atoms with Gasteiger partial charge in [-0.15, -0.1) is 0 Å². The normalized spacial score (nSPS) is 20.0. The summed E-state index contributed by atoms with van der Waals surface area (Å²) in [6.45, 7) is 1.32. The second kappa shape index (κ2) is 7.16. The molecule has 1 unspecified atom stereocenters. The lowest BCUT2D eigenvalue weighted by molar-refractivity contribution is -0.130. The van der Waals surface area contributed by atoms with E-state index in [1.165, 1.54) is 11.8 Å². The summed E-state index contributed by atoms with van der Waals surface area (Å²) in [5, 5.41) is 0. The van der Waals surface area contributed by atoms with Gasteiger partial charge in [0.15, 0.2) is 9.84 Å². The number of amides is 1. The Morgan fingerprint density at radius 3 is 2.46 bits per heavy atom. The first-order chi connectivity index (χ1) is 11.1. The van der Waals surface area contributed by atoms with Gasteiger partial charge in [0.05, 0.1) is 16.4 Å². The van der Waals surface area contributed by atoms with Gasteiger partial charge < -0.3 is 4.90 Å². The van der Waals surface area contributed by atoms with Crippen LogP contribution in [-0.2, 0) is 24.7 Å². The zero-order valence-corrected chi connectivity index (χ0v) is 14.7. The topological polar surface area (TPSA) is 101 Å². The molecule has 1 aliphatic rings. The van der Waals surface area contributed by atoms with E-state index >= 15 is 0 Å². The Morgan fingerprint density at radius 2 is 1.96 bits per heavy atom. The summed E-state index contributed by atoms with van der Waals surface area (Å²) in [6.07, 6.45) is 0.354. The molecule has 1 atom stereocenters.